The van der Waals surface area contributed by atoms with Crippen LogP contribution >= 0.6 is 0 Å². The zero-order valence-corrected chi connectivity index (χ0v) is 14.0. The molecule has 0 saturated carbocycles. The molecule has 5 nitrogen and oxygen atoms in total. The second-order valence-electron chi connectivity index (χ2n) is 6.01. The van der Waals surface area contributed by atoms with Gasteiger partial charge in [-0.25, -0.2) is 4.39 Å². The maximum atomic E-state index is 13.0. The molecule has 1 saturated heterocycles. The highest BCUT2D eigenvalue weighted by Crippen LogP contribution is 2.19. The molecule has 126 valence electrons. The second-order valence-corrected chi connectivity index (χ2v) is 6.01. The van der Waals surface area contributed by atoms with E-state index in [4.69, 9.17) is 0 Å². The Bertz CT molecular complexity index is 553. The quantitative estimate of drug-likeness (QED) is 0.844. The monoisotopic (exact) mass is 321 g/mol. The van der Waals surface area contributed by atoms with Crippen molar-refractivity contribution in [2.24, 2.45) is 0 Å². The summed E-state index contributed by atoms with van der Waals surface area (Å²) in [7, 11) is 1.77. The van der Waals surface area contributed by atoms with Gasteiger partial charge in [0.25, 0.3) is 0 Å². The van der Waals surface area contributed by atoms with Gasteiger partial charge in [0.1, 0.15) is 5.82 Å². The fraction of sp³-hybridized carbons (Fsp3) is 0.529. The lowest BCUT2D eigenvalue weighted by Gasteiger charge is -2.35. The number of hydrogen-bond donors (Lipinski definition) is 0. The number of rotatable bonds is 4. The predicted molar refractivity (Wildman–Crippen MR) is 86.3 cm³/mol. The molecule has 1 atom stereocenters. The van der Waals surface area contributed by atoms with Crippen molar-refractivity contribution >= 4 is 11.8 Å². The van der Waals surface area contributed by atoms with Gasteiger partial charge >= 0.3 is 0 Å². The van der Waals surface area contributed by atoms with E-state index in [0.717, 1.165) is 5.56 Å². The summed E-state index contributed by atoms with van der Waals surface area (Å²) in [4.78, 5) is 29.3. The molecule has 1 aliphatic heterocycles. The number of amides is 2. The Morgan fingerprint density at radius 3 is 2.26 bits per heavy atom. The molecule has 0 bridgehead atoms. The molecule has 0 aromatic heterocycles. The first-order chi connectivity index (χ1) is 10.9. The Hall–Kier alpha value is -1.95. The van der Waals surface area contributed by atoms with Crippen LogP contribution in [0.3, 0.4) is 0 Å². The highest BCUT2D eigenvalue weighted by molar-refractivity contribution is 5.78. The number of likely N-dealkylation sites (N-methyl/N-ethyl adjacent to an activating group) is 1. The molecule has 0 spiro atoms. The average molecular weight is 321 g/mol. The normalized spacial score (nSPS) is 17.0. The van der Waals surface area contributed by atoms with E-state index < -0.39 is 0 Å². The molecule has 0 radical (unpaired) electrons. The van der Waals surface area contributed by atoms with E-state index in [1.165, 1.54) is 12.1 Å². The molecule has 23 heavy (non-hydrogen) atoms. The SMILES string of the molecule is CC(=O)N1CCN(CC(=O)N(C)C(C)c2ccc(F)cc2)CC1. The van der Waals surface area contributed by atoms with Gasteiger partial charge in [-0.2, -0.15) is 0 Å². The molecule has 1 aliphatic rings. The fourth-order valence-electron chi connectivity index (χ4n) is 2.70. The average Bonchev–Trinajstić information content (AvgIpc) is 2.54. The predicted octanol–water partition coefficient (Wildman–Crippen LogP) is 1.51. The van der Waals surface area contributed by atoms with Gasteiger partial charge < -0.3 is 9.80 Å². The summed E-state index contributed by atoms with van der Waals surface area (Å²) in [6, 6.07) is 6.11. The number of halogens is 1. The zero-order valence-electron chi connectivity index (χ0n) is 14.0. The van der Waals surface area contributed by atoms with Gasteiger partial charge in [0.2, 0.25) is 11.8 Å². The van der Waals surface area contributed by atoms with Gasteiger partial charge in [-0.3, -0.25) is 14.5 Å². The molecule has 0 aliphatic carbocycles. The molecular weight excluding hydrogens is 297 g/mol. The van der Waals surface area contributed by atoms with Crippen molar-refractivity contribution in [1.82, 2.24) is 14.7 Å². The molecule has 2 amide bonds. The summed E-state index contributed by atoms with van der Waals surface area (Å²) in [5.74, 6) is -0.172. The van der Waals surface area contributed by atoms with Crippen LogP contribution < -0.4 is 0 Å². The van der Waals surface area contributed by atoms with Gasteiger partial charge in [0.05, 0.1) is 12.6 Å². The molecular formula is C17H24FN3O2. The van der Waals surface area contributed by atoms with Gasteiger partial charge in [-0.15, -0.1) is 0 Å². The summed E-state index contributed by atoms with van der Waals surface area (Å²) in [5.41, 5.74) is 0.906. The Labute approximate surface area is 136 Å². The number of nitrogens with zero attached hydrogens (tertiary/aromatic N) is 3. The lowest BCUT2D eigenvalue weighted by Crippen LogP contribution is -2.50. The lowest BCUT2D eigenvalue weighted by atomic mass is 10.1. The summed E-state index contributed by atoms with van der Waals surface area (Å²) < 4.78 is 13.0. The topological polar surface area (TPSA) is 43.9 Å². The third-order valence-corrected chi connectivity index (χ3v) is 4.50. The largest absolute Gasteiger partial charge is 0.340 e. The minimum absolute atomic E-state index is 0.0260. The van der Waals surface area contributed by atoms with Crippen molar-refractivity contribution < 1.29 is 14.0 Å². The summed E-state index contributed by atoms with van der Waals surface area (Å²) >= 11 is 0. The van der Waals surface area contributed by atoms with Crippen LogP contribution in [-0.2, 0) is 9.59 Å². The van der Waals surface area contributed by atoms with Crippen LogP contribution in [0.4, 0.5) is 4.39 Å². The van der Waals surface area contributed by atoms with E-state index in [-0.39, 0.29) is 23.7 Å². The first-order valence-electron chi connectivity index (χ1n) is 7.87. The van der Waals surface area contributed by atoms with E-state index in [1.54, 1.807) is 35.9 Å². The van der Waals surface area contributed by atoms with Crippen molar-refractivity contribution in [1.29, 1.82) is 0 Å². The van der Waals surface area contributed by atoms with E-state index in [0.29, 0.717) is 32.7 Å². The number of benzene rings is 1. The highest BCUT2D eigenvalue weighted by Gasteiger charge is 2.23. The summed E-state index contributed by atoms with van der Waals surface area (Å²) in [6.07, 6.45) is 0. The minimum atomic E-state index is -0.279. The third-order valence-electron chi connectivity index (χ3n) is 4.50. The Morgan fingerprint density at radius 1 is 1.17 bits per heavy atom. The molecule has 1 aromatic carbocycles. The number of piperazine rings is 1. The molecule has 0 N–H and O–H groups in total. The van der Waals surface area contributed by atoms with Crippen LogP contribution in [0.15, 0.2) is 24.3 Å². The van der Waals surface area contributed by atoms with Gasteiger partial charge in [-0.05, 0) is 24.6 Å². The van der Waals surface area contributed by atoms with Gasteiger partial charge in [0.15, 0.2) is 0 Å². The first kappa shape index (κ1) is 17.4. The Balaban J connectivity index is 1.87. The molecule has 1 heterocycles. The van der Waals surface area contributed by atoms with Crippen LogP contribution in [0.25, 0.3) is 0 Å². The highest BCUT2D eigenvalue weighted by atomic mass is 19.1. The van der Waals surface area contributed by atoms with Crippen molar-refractivity contribution in [3.8, 4) is 0 Å². The van der Waals surface area contributed by atoms with Crippen molar-refractivity contribution in [3.63, 3.8) is 0 Å². The van der Waals surface area contributed by atoms with Gasteiger partial charge in [-0.1, -0.05) is 12.1 Å². The van der Waals surface area contributed by atoms with E-state index in [9.17, 15) is 14.0 Å². The van der Waals surface area contributed by atoms with E-state index in [1.807, 2.05) is 6.92 Å². The van der Waals surface area contributed by atoms with Crippen molar-refractivity contribution in [2.45, 2.75) is 19.9 Å². The summed E-state index contributed by atoms with van der Waals surface area (Å²) in [5, 5.41) is 0. The van der Waals surface area contributed by atoms with E-state index in [2.05, 4.69) is 4.90 Å². The maximum Gasteiger partial charge on any atom is 0.236 e. The number of carbonyl (C=O) groups excluding carboxylic acids is 2. The number of hydrogen-bond acceptors (Lipinski definition) is 3. The molecule has 1 aromatic rings. The van der Waals surface area contributed by atoms with Crippen LogP contribution in [0.5, 0.6) is 0 Å². The first-order valence-corrected chi connectivity index (χ1v) is 7.87. The maximum absolute atomic E-state index is 13.0. The Morgan fingerprint density at radius 2 is 1.74 bits per heavy atom. The molecule has 1 unspecified atom stereocenters. The van der Waals surface area contributed by atoms with E-state index >= 15 is 0 Å². The Kier molecular flexibility index (Phi) is 5.71. The smallest absolute Gasteiger partial charge is 0.236 e. The second kappa shape index (κ2) is 7.55. The molecule has 1 fully saturated rings. The van der Waals surface area contributed by atoms with Crippen molar-refractivity contribution in [3.05, 3.63) is 35.6 Å². The van der Waals surface area contributed by atoms with Crippen LogP contribution in [-0.4, -0.2) is 66.3 Å². The third kappa shape index (κ3) is 4.51. The van der Waals surface area contributed by atoms with Crippen LogP contribution in [0, 0.1) is 5.82 Å². The standard InChI is InChI=1S/C17H24FN3O2/c1-13(15-4-6-16(18)7-5-15)19(3)17(23)12-20-8-10-21(11-9-20)14(2)22/h4-7,13H,8-12H2,1-3H3. The fourth-order valence-corrected chi connectivity index (χ4v) is 2.70. The number of carbonyl (C=O) groups is 2. The summed E-state index contributed by atoms with van der Waals surface area (Å²) in [6.45, 7) is 6.60. The molecule has 2 rings (SSSR count). The van der Waals surface area contributed by atoms with Gasteiger partial charge in [0, 0.05) is 40.2 Å². The lowest BCUT2D eigenvalue weighted by molar-refractivity contribution is -0.134. The molecule has 6 heteroatoms. The minimum Gasteiger partial charge on any atom is -0.340 e. The van der Waals surface area contributed by atoms with Crippen LogP contribution in [0.1, 0.15) is 25.5 Å². The zero-order chi connectivity index (χ0) is 17.0. The van der Waals surface area contributed by atoms with Crippen LogP contribution in [0.2, 0.25) is 0 Å². The van der Waals surface area contributed by atoms with Crippen molar-refractivity contribution in [2.75, 3.05) is 39.8 Å².